The van der Waals surface area contributed by atoms with Crippen molar-refractivity contribution in [3.05, 3.63) is 35.7 Å². The number of amides is 1. The molecule has 2 aliphatic rings. The van der Waals surface area contributed by atoms with E-state index in [-0.39, 0.29) is 5.91 Å². The zero-order valence-corrected chi connectivity index (χ0v) is 15.5. The molecule has 3 rings (SSSR count). The third kappa shape index (κ3) is 6.11. The van der Waals surface area contributed by atoms with Crippen molar-refractivity contribution in [1.29, 1.82) is 0 Å². The van der Waals surface area contributed by atoms with Crippen LogP contribution in [-0.4, -0.2) is 61.7 Å². The number of aromatic nitrogens is 1. The Bertz CT molecular complexity index is 612. The van der Waals surface area contributed by atoms with Crippen molar-refractivity contribution in [2.45, 2.75) is 32.1 Å². The number of anilines is 1. The number of allylic oxidation sites excluding steroid dienone is 1. The summed E-state index contributed by atoms with van der Waals surface area (Å²) >= 11 is 0. The summed E-state index contributed by atoms with van der Waals surface area (Å²) in [5.74, 6) is -0.114. The van der Waals surface area contributed by atoms with Gasteiger partial charge in [-0.05, 0) is 44.2 Å². The monoisotopic (exact) mass is 358 g/mol. The summed E-state index contributed by atoms with van der Waals surface area (Å²) in [6.45, 7) is 5.80. The van der Waals surface area contributed by atoms with Gasteiger partial charge in [-0.2, -0.15) is 0 Å². The molecule has 1 saturated heterocycles. The highest BCUT2D eigenvalue weighted by molar-refractivity contribution is 5.93. The van der Waals surface area contributed by atoms with E-state index in [2.05, 4.69) is 26.6 Å². The minimum absolute atomic E-state index is 0.114. The first-order chi connectivity index (χ1) is 12.8. The smallest absolute Gasteiger partial charge is 0.269 e. The number of rotatable bonds is 8. The zero-order valence-electron chi connectivity index (χ0n) is 15.5. The van der Waals surface area contributed by atoms with Gasteiger partial charge in [0.15, 0.2) is 0 Å². The summed E-state index contributed by atoms with van der Waals surface area (Å²) in [5.41, 5.74) is 2.97. The normalized spacial score (nSPS) is 18.2. The number of morpholine rings is 1. The third-order valence-electron chi connectivity index (χ3n) is 4.97. The molecule has 0 bridgehead atoms. The first kappa shape index (κ1) is 18.9. The van der Waals surface area contributed by atoms with Crippen molar-refractivity contribution in [2.24, 2.45) is 0 Å². The molecule has 0 unspecified atom stereocenters. The summed E-state index contributed by atoms with van der Waals surface area (Å²) in [7, 11) is 0. The molecule has 2 N–H and O–H groups in total. The Morgan fingerprint density at radius 3 is 2.92 bits per heavy atom. The van der Waals surface area contributed by atoms with Gasteiger partial charge in [0, 0.05) is 44.6 Å². The maximum Gasteiger partial charge on any atom is 0.269 e. The molecule has 0 radical (unpaired) electrons. The van der Waals surface area contributed by atoms with Gasteiger partial charge in [-0.3, -0.25) is 14.7 Å². The van der Waals surface area contributed by atoms with E-state index < -0.39 is 0 Å². The van der Waals surface area contributed by atoms with E-state index >= 15 is 0 Å². The van der Waals surface area contributed by atoms with E-state index in [1.165, 1.54) is 25.7 Å². The van der Waals surface area contributed by atoms with Gasteiger partial charge < -0.3 is 15.4 Å². The molecule has 0 aromatic carbocycles. The molecule has 1 aliphatic heterocycles. The molecule has 1 aliphatic carbocycles. The summed E-state index contributed by atoms with van der Waals surface area (Å²) < 4.78 is 5.33. The standard InChI is InChI=1S/C20H30N4O2/c25-20(23-10-11-24-12-14-26-15-13-24)19-16-18(7-9-22-19)21-8-6-17-4-2-1-3-5-17/h4,7,9,16H,1-3,5-6,8,10-15H2,(H,21,22)(H,23,25). The Morgan fingerprint density at radius 2 is 2.12 bits per heavy atom. The molecule has 1 aromatic heterocycles. The highest BCUT2D eigenvalue weighted by Crippen LogP contribution is 2.20. The maximum absolute atomic E-state index is 12.3. The Kier molecular flexibility index (Phi) is 7.46. The van der Waals surface area contributed by atoms with Crippen LogP contribution in [0.1, 0.15) is 42.6 Å². The summed E-state index contributed by atoms with van der Waals surface area (Å²) in [5, 5.41) is 6.37. The Balaban J connectivity index is 1.40. The number of hydrogen-bond donors (Lipinski definition) is 2. The molecule has 1 amide bonds. The van der Waals surface area contributed by atoms with Gasteiger partial charge in [-0.15, -0.1) is 0 Å². The van der Waals surface area contributed by atoms with E-state index in [0.29, 0.717) is 12.2 Å². The molecule has 0 spiro atoms. The topological polar surface area (TPSA) is 66.5 Å². The number of nitrogens with zero attached hydrogens (tertiary/aromatic N) is 2. The fourth-order valence-electron chi connectivity index (χ4n) is 3.41. The maximum atomic E-state index is 12.3. The van der Waals surface area contributed by atoms with Gasteiger partial charge >= 0.3 is 0 Å². The van der Waals surface area contributed by atoms with Crippen LogP contribution >= 0.6 is 0 Å². The van der Waals surface area contributed by atoms with Crippen LogP contribution in [0.5, 0.6) is 0 Å². The van der Waals surface area contributed by atoms with Crippen LogP contribution in [0, 0.1) is 0 Å². The van der Waals surface area contributed by atoms with E-state index in [4.69, 9.17) is 4.74 Å². The third-order valence-corrected chi connectivity index (χ3v) is 4.97. The van der Waals surface area contributed by atoms with Crippen LogP contribution in [-0.2, 0) is 4.74 Å². The van der Waals surface area contributed by atoms with Gasteiger partial charge in [0.2, 0.25) is 0 Å². The molecule has 0 atom stereocenters. The lowest BCUT2D eigenvalue weighted by molar-refractivity contribution is 0.0383. The predicted octanol–water partition coefficient (Wildman–Crippen LogP) is 2.45. The summed E-state index contributed by atoms with van der Waals surface area (Å²) in [6.07, 6.45) is 10.2. The molecule has 26 heavy (non-hydrogen) atoms. The van der Waals surface area contributed by atoms with Crippen LogP contribution in [0.4, 0.5) is 5.69 Å². The van der Waals surface area contributed by atoms with Crippen molar-refractivity contribution in [3.8, 4) is 0 Å². The molecule has 0 saturated carbocycles. The van der Waals surface area contributed by atoms with Gasteiger partial charge in [0.05, 0.1) is 13.2 Å². The first-order valence-corrected chi connectivity index (χ1v) is 9.77. The Labute approximate surface area is 156 Å². The second-order valence-electron chi connectivity index (χ2n) is 6.92. The molecule has 6 heteroatoms. The number of pyridine rings is 1. The first-order valence-electron chi connectivity index (χ1n) is 9.77. The van der Waals surface area contributed by atoms with Crippen molar-refractivity contribution < 1.29 is 9.53 Å². The van der Waals surface area contributed by atoms with Crippen molar-refractivity contribution in [1.82, 2.24) is 15.2 Å². The molecule has 6 nitrogen and oxygen atoms in total. The van der Waals surface area contributed by atoms with Crippen molar-refractivity contribution in [2.75, 3.05) is 51.3 Å². The van der Waals surface area contributed by atoms with Crippen molar-refractivity contribution in [3.63, 3.8) is 0 Å². The lowest BCUT2D eigenvalue weighted by Gasteiger charge is -2.26. The summed E-state index contributed by atoms with van der Waals surface area (Å²) in [6, 6.07) is 3.75. The lowest BCUT2D eigenvalue weighted by Crippen LogP contribution is -2.41. The van der Waals surface area contributed by atoms with Crippen LogP contribution in [0.25, 0.3) is 0 Å². The minimum Gasteiger partial charge on any atom is -0.385 e. The SMILES string of the molecule is O=C(NCCN1CCOCC1)c1cc(NCCC2=CCCCC2)ccn1. The highest BCUT2D eigenvalue weighted by Gasteiger charge is 2.12. The average molecular weight is 358 g/mol. The van der Waals surface area contributed by atoms with E-state index in [1.807, 2.05) is 12.1 Å². The van der Waals surface area contributed by atoms with Gasteiger partial charge in [-0.25, -0.2) is 0 Å². The van der Waals surface area contributed by atoms with E-state index in [0.717, 1.165) is 51.5 Å². The number of hydrogen-bond acceptors (Lipinski definition) is 5. The fraction of sp³-hybridized carbons (Fsp3) is 0.600. The second kappa shape index (κ2) is 10.3. The lowest BCUT2D eigenvalue weighted by atomic mass is 9.97. The highest BCUT2D eigenvalue weighted by atomic mass is 16.5. The molecular formula is C20H30N4O2. The average Bonchev–Trinajstić information content (AvgIpc) is 2.70. The van der Waals surface area contributed by atoms with Crippen LogP contribution in [0.15, 0.2) is 30.0 Å². The predicted molar refractivity (Wildman–Crippen MR) is 103 cm³/mol. The fourth-order valence-corrected chi connectivity index (χ4v) is 3.41. The number of carbonyl (C=O) groups excluding carboxylic acids is 1. The molecule has 142 valence electrons. The molecule has 2 heterocycles. The quantitative estimate of drug-likeness (QED) is 0.699. The number of carbonyl (C=O) groups is 1. The Hall–Kier alpha value is -1.92. The number of ether oxygens (including phenoxy) is 1. The molecule has 1 aromatic rings. The second-order valence-corrected chi connectivity index (χ2v) is 6.92. The number of nitrogens with one attached hydrogen (secondary N) is 2. The van der Waals surface area contributed by atoms with E-state index in [1.54, 1.807) is 11.8 Å². The molecule has 1 fully saturated rings. The van der Waals surface area contributed by atoms with E-state index in [9.17, 15) is 4.79 Å². The van der Waals surface area contributed by atoms with Gasteiger partial charge in [-0.1, -0.05) is 11.6 Å². The zero-order chi connectivity index (χ0) is 18.0. The van der Waals surface area contributed by atoms with Crippen LogP contribution < -0.4 is 10.6 Å². The van der Waals surface area contributed by atoms with Gasteiger partial charge in [0.1, 0.15) is 5.69 Å². The Morgan fingerprint density at radius 1 is 1.23 bits per heavy atom. The summed E-state index contributed by atoms with van der Waals surface area (Å²) in [4.78, 5) is 18.8. The van der Waals surface area contributed by atoms with Crippen LogP contribution in [0.3, 0.4) is 0 Å². The van der Waals surface area contributed by atoms with Gasteiger partial charge in [0.25, 0.3) is 5.91 Å². The van der Waals surface area contributed by atoms with Crippen LogP contribution in [0.2, 0.25) is 0 Å². The van der Waals surface area contributed by atoms with Crippen molar-refractivity contribution >= 4 is 11.6 Å². The minimum atomic E-state index is -0.114. The molecular weight excluding hydrogens is 328 g/mol. The largest absolute Gasteiger partial charge is 0.385 e.